The van der Waals surface area contributed by atoms with Crippen molar-refractivity contribution in [2.75, 3.05) is 0 Å². The molecule has 0 bridgehead atoms. The van der Waals surface area contributed by atoms with Crippen LogP contribution in [0.5, 0.6) is 0 Å². The Labute approximate surface area is 88.9 Å². The van der Waals surface area contributed by atoms with Gasteiger partial charge in [-0.2, -0.15) is 0 Å². The number of benzene rings is 1. The standard InChI is InChI=1S/C9H12ClNO2S/c1-3-7-8(14(11,12)13)5-4-6(2)9(7)10/h4-5H,3H2,1-2H3,(H2,11,12,13). The monoisotopic (exact) mass is 233 g/mol. The lowest BCUT2D eigenvalue weighted by Gasteiger charge is -2.09. The third-order valence-corrected chi connectivity index (χ3v) is 3.58. The van der Waals surface area contributed by atoms with Gasteiger partial charge in [0.25, 0.3) is 0 Å². The molecule has 0 aliphatic rings. The summed E-state index contributed by atoms with van der Waals surface area (Å²) < 4.78 is 22.4. The van der Waals surface area contributed by atoms with Gasteiger partial charge < -0.3 is 0 Å². The van der Waals surface area contributed by atoms with E-state index in [1.807, 2.05) is 13.8 Å². The molecule has 3 nitrogen and oxygen atoms in total. The van der Waals surface area contributed by atoms with Gasteiger partial charge in [-0.1, -0.05) is 24.6 Å². The van der Waals surface area contributed by atoms with Gasteiger partial charge in [-0.15, -0.1) is 0 Å². The highest BCUT2D eigenvalue weighted by atomic mass is 35.5. The molecule has 14 heavy (non-hydrogen) atoms. The van der Waals surface area contributed by atoms with Crippen LogP contribution in [0.15, 0.2) is 17.0 Å². The maximum absolute atomic E-state index is 11.2. The van der Waals surface area contributed by atoms with E-state index in [4.69, 9.17) is 16.7 Å². The minimum Gasteiger partial charge on any atom is -0.225 e. The molecule has 78 valence electrons. The molecule has 5 heteroatoms. The molecule has 0 fully saturated rings. The van der Waals surface area contributed by atoms with Crippen LogP contribution in [0, 0.1) is 6.92 Å². The van der Waals surface area contributed by atoms with Crippen LogP contribution in [-0.4, -0.2) is 8.42 Å². The molecule has 2 N–H and O–H groups in total. The number of hydrogen-bond donors (Lipinski definition) is 1. The Morgan fingerprint density at radius 2 is 2.00 bits per heavy atom. The van der Waals surface area contributed by atoms with Gasteiger partial charge in [0.05, 0.1) is 4.90 Å². The Morgan fingerprint density at radius 1 is 1.43 bits per heavy atom. The minimum absolute atomic E-state index is 0.121. The molecule has 0 saturated heterocycles. The van der Waals surface area contributed by atoms with Gasteiger partial charge >= 0.3 is 0 Å². The third kappa shape index (κ3) is 2.08. The number of nitrogens with two attached hydrogens (primary N) is 1. The summed E-state index contributed by atoms with van der Waals surface area (Å²) in [7, 11) is -3.67. The first-order valence-corrected chi connectivity index (χ1v) is 6.11. The molecule has 1 aromatic rings. The second kappa shape index (κ2) is 3.88. The summed E-state index contributed by atoms with van der Waals surface area (Å²) in [6.45, 7) is 3.67. The van der Waals surface area contributed by atoms with Crippen molar-refractivity contribution >= 4 is 21.6 Å². The number of halogens is 1. The molecule has 0 aliphatic carbocycles. The second-order valence-corrected chi connectivity index (χ2v) is 4.98. The molecule has 0 saturated carbocycles. The van der Waals surface area contributed by atoms with Gasteiger partial charge in [-0.05, 0) is 30.5 Å². The maximum Gasteiger partial charge on any atom is 0.238 e. The molecular weight excluding hydrogens is 222 g/mol. The molecule has 0 heterocycles. The summed E-state index contributed by atoms with van der Waals surface area (Å²) in [5, 5.41) is 5.55. The van der Waals surface area contributed by atoms with Crippen LogP contribution >= 0.6 is 11.6 Å². The SMILES string of the molecule is CCc1c(S(N)(=O)=O)ccc(C)c1Cl. The van der Waals surface area contributed by atoms with E-state index in [0.717, 1.165) is 5.56 Å². The highest BCUT2D eigenvalue weighted by Crippen LogP contribution is 2.26. The highest BCUT2D eigenvalue weighted by Gasteiger charge is 2.16. The average Bonchev–Trinajstić information content (AvgIpc) is 2.07. The minimum atomic E-state index is -3.67. The van der Waals surface area contributed by atoms with E-state index >= 15 is 0 Å². The van der Waals surface area contributed by atoms with Gasteiger partial charge in [0.15, 0.2) is 0 Å². The number of sulfonamides is 1. The Balaban J connectivity index is 3.55. The Morgan fingerprint density at radius 3 is 2.43 bits per heavy atom. The zero-order valence-electron chi connectivity index (χ0n) is 8.04. The van der Waals surface area contributed by atoms with Crippen LogP contribution < -0.4 is 5.14 Å². The third-order valence-electron chi connectivity index (χ3n) is 2.05. The quantitative estimate of drug-likeness (QED) is 0.848. The van der Waals surface area contributed by atoms with E-state index in [1.54, 1.807) is 6.07 Å². The van der Waals surface area contributed by atoms with Crippen LogP contribution in [0.4, 0.5) is 0 Å². The molecule has 0 aromatic heterocycles. The summed E-state index contributed by atoms with van der Waals surface area (Å²) >= 11 is 5.98. The number of rotatable bonds is 2. The smallest absolute Gasteiger partial charge is 0.225 e. The van der Waals surface area contributed by atoms with E-state index < -0.39 is 10.0 Å². The van der Waals surface area contributed by atoms with E-state index in [0.29, 0.717) is 17.0 Å². The molecule has 0 aliphatic heterocycles. The first-order chi connectivity index (χ1) is 6.38. The van der Waals surface area contributed by atoms with Gasteiger partial charge in [0.1, 0.15) is 0 Å². The predicted molar refractivity (Wildman–Crippen MR) is 56.9 cm³/mol. The van der Waals surface area contributed by atoms with Gasteiger partial charge in [-0.3, -0.25) is 0 Å². The topological polar surface area (TPSA) is 60.2 Å². The molecule has 0 amide bonds. The fourth-order valence-electron chi connectivity index (χ4n) is 1.32. The van der Waals surface area contributed by atoms with Crippen LogP contribution in [0.2, 0.25) is 5.02 Å². The molecule has 0 spiro atoms. The second-order valence-electron chi connectivity index (χ2n) is 3.07. The van der Waals surface area contributed by atoms with Crippen LogP contribution in [0.3, 0.4) is 0 Å². The molecule has 1 rings (SSSR count). The van der Waals surface area contributed by atoms with Crippen molar-refractivity contribution in [1.82, 2.24) is 0 Å². The number of aryl methyl sites for hydroxylation is 1. The lowest BCUT2D eigenvalue weighted by atomic mass is 10.1. The van der Waals surface area contributed by atoms with Crippen molar-refractivity contribution in [2.45, 2.75) is 25.2 Å². The summed E-state index contributed by atoms with van der Waals surface area (Å²) in [4.78, 5) is 0.121. The maximum atomic E-state index is 11.2. The summed E-state index contributed by atoms with van der Waals surface area (Å²) in [6.07, 6.45) is 0.548. The normalized spacial score (nSPS) is 11.7. The molecule has 0 atom stereocenters. The lowest BCUT2D eigenvalue weighted by molar-refractivity contribution is 0.596. The Bertz CT molecular complexity index is 454. The van der Waals surface area contributed by atoms with Crippen LogP contribution in [0.1, 0.15) is 18.1 Å². The van der Waals surface area contributed by atoms with Crippen molar-refractivity contribution in [3.63, 3.8) is 0 Å². The summed E-state index contributed by atoms with van der Waals surface area (Å²) in [5.74, 6) is 0. The first kappa shape index (κ1) is 11.5. The molecular formula is C9H12ClNO2S. The summed E-state index contributed by atoms with van der Waals surface area (Å²) in [5.41, 5.74) is 1.45. The van der Waals surface area contributed by atoms with Crippen LogP contribution in [0.25, 0.3) is 0 Å². The predicted octanol–water partition coefficient (Wildman–Crippen LogP) is 1.86. The van der Waals surface area contributed by atoms with Crippen molar-refractivity contribution < 1.29 is 8.42 Å². The molecule has 1 aromatic carbocycles. The van der Waals surface area contributed by atoms with Gasteiger partial charge in [0, 0.05) is 5.02 Å². The average molecular weight is 234 g/mol. The van der Waals surface area contributed by atoms with Crippen molar-refractivity contribution in [3.05, 3.63) is 28.3 Å². The zero-order valence-corrected chi connectivity index (χ0v) is 9.61. The van der Waals surface area contributed by atoms with E-state index in [1.165, 1.54) is 6.07 Å². The zero-order chi connectivity index (χ0) is 10.9. The van der Waals surface area contributed by atoms with Crippen LogP contribution in [-0.2, 0) is 16.4 Å². The first-order valence-electron chi connectivity index (χ1n) is 4.18. The van der Waals surface area contributed by atoms with Crippen molar-refractivity contribution in [3.8, 4) is 0 Å². The van der Waals surface area contributed by atoms with Gasteiger partial charge in [-0.25, -0.2) is 13.6 Å². The Hall–Kier alpha value is -0.580. The fraction of sp³-hybridized carbons (Fsp3) is 0.333. The number of primary sulfonamides is 1. The van der Waals surface area contributed by atoms with E-state index in [-0.39, 0.29) is 4.90 Å². The van der Waals surface area contributed by atoms with Crippen molar-refractivity contribution in [2.24, 2.45) is 5.14 Å². The summed E-state index contributed by atoms with van der Waals surface area (Å²) in [6, 6.07) is 3.15. The molecule has 0 radical (unpaired) electrons. The lowest BCUT2D eigenvalue weighted by Crippen LogP contribution is -2.14. The molecule has 0 unspecified atom stereocenters. The largest absolute Gasteiger partial charge is 0.238 e. The van der Waals surface area contributed by atoms with E-state index in [2.05, 4.69) is 0 Å². The highest BCUT2D eigenvalue weighted by molar-refractivity contribution is 7.89. The number of hydrogen-bond acceptors (Lipinski definition) is 2. The Kier molecular flexibility index (Phi) is 3.19. The van der Waals surface area contributed by atoms with Crippen molar-refractivity contribution in [1.29, 1.82) is 0 Å². The van der Waals surface area contributed by atoms with Gasteiger partial charge in [0.2, 0.25) is 10.0 Å². The van der Waals surface area contributed by atoms with E-state index in [9.17, 15) is 8.42 Å². The fourth-order valence-corrected chi connectivity index (χ4v) is 2.52.